The number of carboxylic acids is 1. The van der Waals surface area contributed by atoms with Gasteiger partial charge < -0.3 is 10.4 Å². The van der Waals surface area contributed by atoms with Gasteiger partial charge in [0.1, 0.15) is 12.6 Å². The van der Waals surface area contributed by atoms with Crippen molar-refractivity contribution in [1.82, 2.24) is 5.32 Å². The van der Waals surface area contributed by atoms with Crippen LogP contribution in [0.15, 0.2) is 30.3 Å². The maximum Gasteiger partial charge on any atom is 0.323 e. The molecule has 2 N–H and O–H groups in total. The van der Waals surface area contributed by atoms with E-state index >= 15 is 0 Å². The number of hydrogen-bond acceptors (Lipinski definition) is 3. The average molecular weight is 320 g/mol. The van der Waals surface area contributed by atoms with E-state index in [1.54, 1.807) is 37.3 Å². The Bertz CT molecular complexity index is 564. The molecule has 0 aliphatic carbocycles. The van der Waals surface area contributed by atoms with Gasteiger partial charge >= 0.3 is 5.97 Å². The molecule has 1 atom stereocenters. The molecule has 1 aromatic rings. The Balaban J connectivity index is 2.84. The van der Waals surface area contributed by atoms with Crippen LogP contribution in [0.3, 0.4) is 0 Å². The van der Waals surface area contributed by atoms with Gasteiger partial charge in [-0.2, -0.15) is 0 Å². The van der Waals surface area contributed by atoms with Crippen LogP contribution in [0.1, 0.15) is 34.1 Å². The van der Waals surface area contributed by atoms with Crippen LogP contribution in [0, 0.1) is 5.41 Å². The first kappa shape index (κ1) is 18.7. The van der Waals surface area contributed by atoms with Gasteiger partial charge in [0.25, 0.3) is 0 Å². The molecular weight excluding hydrogens is 296 g/mol. The van der Waals surface area contributed by atoms with E-state index in [9.17, 15) is 14.4 Å². The van der Waals surface area contributed by atoms with E-state index in [-0.39, 0.29) is 17.7 Å². The van der Waals surface area contributed by atoms with Gasteiger partial charge in [0.15, 0.2) is 0 Å². The van der Waals surface area contributed by atoms with E-state index in [0.29, 0.717) is 5.69 Å². The quantitative estimate of drug-likeness (QED) is 0.840. The second kappa shape index (κ2) is 7.76. The third-order valence-electron chi connectivity index (χ3n) is 3.07. The summed E-state index contributed by atoms with van der Waals surface area (Å²) in [4.78, 5) is 36.7. The Kier molecular flexibility index (Phi) is 6.30. The first-order valence-corrected chi connectivity index (χ1v) is 7.48. The lowest BCUT2D eigenvalue weighted by Crippen LogP contribution is -2.49. The Morgan fingerprint density at radius 2 is 1.74 bits per heavy atom. The third kappa shape index (κ3) is 6.50. The largest absolute Gasteiger partial charge is 0.480 e. The smallest absolute Gasteiger partial charge is 0.323 e. The van der Waals surface area contributed by atoms with E-state index in [1.807, 2.05) is 20.8 Å². The van der Waals surface area contributed by atoms with Crippen LogP contribution in [0.2, 0.25) is 0 Å². The number of anilines is 1. The van der Waals surface area contributed by atoms with Crippen molar-refractivity contribution in [1.29, 1.82) is 0 Å². The van der Waals surface area contributed by atoms with Crippen LogP contribution in [0.4, 0.5) is 5.69 Å². The summed E-state index contributed by atoms with van der Waals surface area (Å²) in [5.74, 6) is -1.81. The summed E-state index contributed by atoms with van der Waals surface area (Å²) in [6.45, 7) is 6.89. The normalized spacial score (nSPS) is 12.3. The zero-order valence-electron chi connectivity index (χ0n) is 14.0. The molecule has 0 saturated heterocycles. The lowest BCUT2D eigenvalue weighted by molar-refractivity contribution is -0.137. The SMILES string of the molecule is CC(NC(=O)CC(C)(C)C)C(=O)N(CC(=O)O)c1ccccc1. The zero-order valence-corrected chi connectivity index (χ0v) is 14.0. The minimum atomic E-state index is -1.12. The summed E-state index contributed by atoms with van der Waals surface area (Å²) in [5.41, 5.74) is 0.296. The Morgan fingerprint density at radius 1 is 1.17 bits per heavy atom. The Labute approximate surface area is 136 Å². The van der Waals surface area contributed by atoms with Crippen molar-refractivity contribution in [3.05, 3.63) is 30.3 Å². The standard InChI is InChI=1S/C17H24N2O4/c1-12(18-14(20)10-17(2,3)4)16(23)19(11-15(21)22)13-8-6-5-7-9-13/h5-9,12H,10-11H2,1-4H3,(H,18,20)(H,21,22). The van der Waals surface area contributed by atoms with Crippen LogP contribution in [0.5, 0.6) is 0 Å². The van der Waals surface area contributed by atoms with Crippen molar-refractivity contribution in [2.24, 2.45) is 5.41 Å². The number of carbonyl (C=O) groups excluding carboxylic acids is 2. The maximum absolute atomic E-state index is 12.5. The molecule has 23 heavy (non-hydrogen) atoms. The summed E-state index contributed by atoms with van der Waals surface area (Å²) in [6.07, 6.45) is 0.287. The van der Waals surface area contributed by atoms with E-state index < -0.39 is 24.5 Å². The number of rotatable bonds is 6. The number of nitrogens with zero attached hydrogens (tertiary/aromatic N) is 1. The fraction of sp³-hybridized carbons (Fsp3) is 0.471. The summed E-state index contributed by atoms with van der Waals surface area (Å²) in [6, 6.07) is 7.74. The van der Waals surface area contributed by atoms with Gasteiger partial charge in [-0.25, -0.2) is 0 Å². The minimum Gasteiger partial charge on any atom is -0.480 e. The molecule has 0 radical (unpaired) electrons. The van der Waals surface area contributed by atoms with E-state index in [4.69, 9.17) is 5.11 Å². The predicted octanol–water partition coefficient (Wildman–Crippen LogP) is 2.05. The molecule has 0 bridgehead atoms. The zero-order chi connectivity index (χ0) is 17.6. The second-order valence-corrected chi connectivity index (χ2v) is 6.68. The van der Waals surface area contributed by atoms with E-state index in [2.05, 4.69) is 5.32 Å². The number of nitrogens with one attached hydrogen (secondary N) is 1. The summed E-state index contributed by atoms with van der Waals surface area (Å²) in [7, 11) is 0. The number of benzene rings is 1. The third-order valence-corrected chi connectivity index (χ3v) is 3.07. The first-order chi connectivity index (χ1) is 10.6. The molecule has 126 valence electrons. The lowest BCUT2D eigenvalue weighted by atomic mass is 9.92. The molecule has 6 heteroatoms. The summed E-state index contributed by atoms with van der Waals surface area (Å²) in [5, 5.41) is 11.7. The molecule has 2 amide bonds. The van der Waals surface area contributed by atoms with Crippen LogP contribution < -0.4 is 10.2 Å². The fourth-order valence-corrected chi connectivity index (χ4v) is 2.11. The van der Waals surface area contributed by atoms with Crippen LogP contribution in [-0.4, -0.2) is 35.5 Å². The van der Waals surface area contributed by atoms with Crippen molar-refractivity contribution in [3.8, 4) is 0 Å². The van der Waals surface area contributed by atoms with Gasteiger partial charge in [-0.3, -0.25) is 19.3 Å². The van der Waals surface area contributed by atoms with Gasteiger partial charge in [-0.15, -0.1) is 0 Å². The Hall–Kier alpha value is -2.37. The van der Waals surface area contributed by atoms with E-state index in [1.165, 1.54) is 0 Å². The molecule has 6 nitrogen and oxygen atoms in total. The van der Waals surface area contributed by atoms with Crippen LogP contribution >= 0.6 is 0 Å². The number of hydrogen-bond donors (Lipinski definition) is 2. The van der Waals surface area contributed by atoms with Crippen molar-refractivity contribution < 1.29 is 19.5 Å². The van der Waals surface area contributed by atoms with Gasteiger partial charge in [0.2, 0.25) is 11.8 Å². The van der Waals surface area contributed by atoms with Crippen LogP contribution in [0.25, 0.3) is 0 Å². The highest BCUT2D eigenvalue weighted by Crippen LogP contribution is 2.18. The first-order valence-electron chi connectivity index (χ1n) is 7.48. The molecule has 0 aliphatic heterocycles. The summed E-state index contributed by atoms with van der Waals surface area (Å²) >= 11 is 0. The summed E-state index contributed by atoms with van der Waals surface area (Å²) < 4.78 is 0. The van der Waals surface area contributed by atoms with Gasteiger partial charge in [0, 0.05) is 12.1 Å². The number of para-hydroxylation sites is 1. The molecular formula is C17H24N2O4. The van der Waals surface area contributed by atoms with Gasteiger partial charge in [-0.05, 0) is 24.5 Å². The molecule has 1 aromatic carbocycles. The highest BCUT2D eigenvalue weighted by atomic mass is 16.4. The number of carboxylic acid groups (broad SMARTS) is 1. The lowest BCUT2D eigenvalue weighted by Gasteiger charge is -2.26. The number of carbonyl (C=O) groups is 3. The van der Waals surface area contributed by atoms with Crippen molar-refractivity contribution >= 4 is 23.5 Å². The van der Waals surface area contributed by atoms with Crippen molar-refractivity contribution in [2.75, 3.05) is 11.4 Å². The van der Waals surface area contributed by atoms with Crippen LogP contribution in [-0.2, 0) is 14.4 Å². The molecule has 0 aliphatic rings. The molecule has 1 rings (SSSR count). The van der Waals surface area contributed by atoms with E-state index in [0.717, 1.165) is 4.90 Å². The van der Waals surface area contributed by atoms with Gasteiger partial charge in [0.05, 0.1) is 0 Å². The molecule has 1 unspecified atom stereocenters. The topological polar surface area (TPSA) is 86.7 Å². The highest BCUT2D eigenvalue weighted by molar-refractivity contribution is 6.01. The highest BCUT2D eigenvalue weighted by Gasteiger charge is 2.26. The molecule has 0 heterocycles. The fourth-order valence-electron chi connectivity index (χ4n) is 2.11. The number of aliphatic carboxylic acids is 1. The Morgan fingerprint density at radius 3 is 2.22 bits per heavy atom. The molecule has 0 aromatic heterocycles. The minimum absolute atomic E-state index is 0.187. The molecule has 0 spiro atoms. The molecule has 0 fully saturated rings. The average Bonchev–Trinajstić information content (AvgIpc) is 2.42. The van der Waals surface area contributed by atoms with Crippen molar-refractivity contribution in [3.63, 3.8) is 0 Å². The number of amides is 2. The maximum atomic E-state index is 12.5. The molecule has 0 saturated carbocycles. The monoisotopic (exact) mass is 320 g/mol. The van der Waals surface area contributed by atoms with Crippen molar-refractivity contribution in [2.45, 2.75) is 40.2 Å². The van der Waals surface area contributed by atoms with Gasteiger partial charge in [-0.1, -0.05) is 39.0 Å². The second-order valence-electron chi connectivity index (χ2n) is 6.68. The predicted molar refractivity (Wildman–Crippen MR) is 88.1 cm³/mol.